The van der Waals surface area contributed by atoms with Crippen LogP contribution < -0.4 is 16.5 Å². The maximum atomic E-state index is 5.93. The van der Waals surface area contributed by atoms with E-state index in [9.17, 15) is 0 Å². The zero-order chi connectivity index (χ0) is 18.2. The maximum Gasteiger partial charge on any atom is 0.165 e. The molecular formula is C17H28BrN7. The zero-order valence-corrected chi connectivity index (χ0v) is 16.8. The van der Waals surface area contributed by atoms with E-state index in [4.69, 9.17) is 5.73 Å². The number of piperidine rings is 1. The molecule has 0 spiro atoms. The highest BCUT2D eigenvalue weighted by atomic mass is 79.9. The van der Waals surface area contributed by atoms with Crippen molar-refractivity contribution < 1.29 is 0 Å². The second kappa shape index (κ2) is 9.74. The first-order chi connectivity index (χ1) is 12.2. The van der Waals surface area contributed by atoms with E-state index in [2.05, 4.69) is 36.8 Å². The van der Waals surface area contributed by atoms with Gasteiger partial charge in [-0.25, -0.2) is 10.4 Å². The molecule has 2 aliphatic heterocycles. The number of nitrogens with zero attached hydrogens (tertiary/aromatic N) is 4. The molecule has 0 radical (unpaired) electrons. The number of hydrogen-bond donors (Lipinski definition) is 3. The van der Waals surface area contributed by atoms with E-state index in [1.54, 1.807) is 16.9 Å². The molecule has 1 saturated heterocycles. The Balaban J connectivity index is 0.000000237. The molecule has 1 fully saturated rings. The highest BCUT2D eigenvalue weighted by Gasteiger charge is 2.17. The molecule has 0 atom stereocenters. The first kappa shape index (κ1) is 19.7. The van der Waals surface area contributed by atoms with Crippen molar-refractivity contribution in [2.24, 2.45) is 0 Å². The molecular weight excluding hydrogens is 382 g/mol. The van der Waals surface area contributed by atoms with E-state index in [0.29, 0.717) is 5.82 Å². The van der Waals surface area contributed by atoms with Crippen molar-refractivity contribution >= 4 is 33.0 Å². The van der Waals surface area contributed by atoms with Crippen molar-refractivity contribution in [3.8, 4) is 0 Å². The number of nitrogens with one attached hydrogen (secondary N) is 2. The van der Waals surface area contributed by atoms with Gasteiger partial charge in [0.25, 0.3) is 0 Å². The third kappa shape index (κ3) is 4.93. The minimum Gasteiger partial charge on any atom is -0.383 e. The van der Waals surface area contributed by atoms with Crippen LogP contribution in [0, 0.1) is 0 Å². The summed E-state index contributed by atoms with van der Waals surface area (Å²) in [5.74, 6) is 0.557. The fourth-order valence-electron chi connectivity index (χ4n) is 2.66. The smallest absolute Gasteiger partial charge is 0.165 e. The van der Waals surface area contributed by atoms with E-state index < -0.39 is 0 Å². The molecule has 138 valence electrons. The molecule has 4 rings (SSSR count). The van der Waals surface area contributed by atoms with Crippen molar-refractivity contribution in [3.05, 3.63) is 28.6 Å². The Labute approximate surface area is 157 Å². The Morgan fingerprint density at radius 1 is 1.16 bits per heavy atom. The second-order valence-electron chi connectivity index (χ2n) is 5.70. The Hall–Kier alpha value is -1.64. The third-order valence-electron chi connectivity index (χ3n) is 3.94. The number of aromatic nitrogens is 3. The minimum atomic E-state index is 0.557. The van der Waals surface area contributed by atoms with Crippen molar-refractivity contribution in [2.75, 3.05) is 32.4 Å². The number of fused-ring (bicyclic) bond motifs is 1. The standard InChI is InChI=1S/C10H11BrN6.C5H11N.C2H6/c1-16-5-6(2-14-16)7-3-15-17-9(12)8(11)4-13-10(7)17;1-2-4-6-5-3-1;1-2/h3-5,14H,2,12H2,1H3;6H,1-5H2;1-2H3. The summed E-state index contributed by atoms with van der Waals surface area (Å²) >= 11 is 3.34. The van der Waals surface area contributed by atoms with E-state index in [-0.39, 0.29) is 0 Å². The summed E-state index contributed by atoms with van der Waals surface area (Å²) in [6.07, 6.45) is 9.73. The number of nitrogens with two attached hydrogens (primary N) is 1. The van der Waals surface area contributed by atoms with Crippen LogP contribution in [0.4, 0.5) is 5.82 Å². The number of anilines is 1. The van der Waals surface area contributed by atoms with Gasteiger partial charge >= 0.3 is 0 Å². The van der Waals surface area contributed by atoms with Crippen LogP contribution in [-0.4, -0.2) is 46.3 Å². The van der Waals surface area contributed by atoms with Gasteiger partial charge in [0.1, 0.15) is 5.82 Å². The van der Waals surface area contributed by atoms with Gasteiger partial charge < -0.3 is 16.1 Å². The lowest BCUT2D eigenvalue weighted by atomic mass is 10.1. The van der Waals surface area contributed by atoms with Gasteiger partial charge in [0.15, 0.2) is 5.65 Å². The van der Waals surface area contributed by atoms with Gasteiger partial charge in [-0.05, 0) is 47.4 Å². The van der Waals surface area contributed by atoms with Crippen LogP contribution >= 0.6 is 15.9 Å². The molecule has 2 aliphatic rings. The van der Waals surface area contributed by atoms with Gasteiger partial charge in [-0.15, -0.1) is 0 Å². The SMILES string of the molecule is C1CCNCC1.CC.CN1C=C(c2cnn3c(N)c(Br)cnc23)CN1. The van der Waals surface area contributed by atoms with Gasteiger partial charge in [0.2, 0.25) is 0 Å². The van der Waals surface area contributed by atoms with Crippen LogP contribution in [0.15, 0.2) is 23.1 Å². The van der Waals surface area contributed by atoms with E-state index in [0.717, 1.165) is 27.8 Å². The molecule has 0 bridgehead atoms. The van der Waals surface area contributed by atoms with Crippen LogP contribution in [-0.2, 0) is 0 Å². The summed E-state index contributed by atoms with van der Waals surface area (Å²) < 4.78 is 2.38. The fourth-order valence-corrected chi connectivity index (χ4v) is 2.93. The fraction of sp³-hybridized carbons (Fsp3) is 0.529. The molecule has 2 aromatic rings. The monoisotopic (exact) mass is 409 g/mol. The summed E-state index contributed by atoms with van der Waals surface area (Å²) in [7, 11) is 1.96. The zero-order valence-electron chi connectivity index (χ0n) is 15.2. The van der Waals surface area contributed by atoms with Crippen molar-refractivity contribution in [3.63, 3.8) is 0 Å². The maximum absolute atomic E-state index is 5.93. The summed E-state index contributed by atoms with van der Waals surface area (Å²) in [5.41, 5.74) is 12.0. The van der Waals surface area contributed by atoms with Gasteiger partial charge in [-0.3, -0.25) is 0 Å². The van der Waals surface area contributed by atoms with E-state index in [1.807, 2.05) is 32.1 Å². The summed E-state index contributed by atoms with van der Waals surface area (Å²) in [6.45, 7) is 7.27. The first-order valence-corrected chi connectivity index (χ1v) is 9.62. The van der Waals surface area contributed by atoms with Gasteiger partial charge in [0.05, 0.1) is 10.7 Å². The van der Waals surface area contributed by atoms with Crippen molar-refractivity contribution in [1.82, 2.24) is 30.3 Å². The normalized spacial score (nSPS) is 16.6. The largest absolute Gasteiger partial charge is 0.383 e. The van der Waals surface area contributed by atoms with Crippen LogP contribution in [0.2, 0.25) is 0 Å². The predicted molar refractivity (Wildman–Crippen MR) is 107 cm³/mol. The van der Waals surface area contributed by atoms with Crippen LogP contribution in [0.3, 0.4) is 0 Å². The average molecular weight is 410 g/mol. The molecule has 2 aromatic heterocycles. The van der Waals surface area contributed by atoms with Crippen LogP contribution in [0.25, 0.3) is 11.2 Å². The lowest BCUT2D eigenvalue weighted by Crippen LogP contribution is -2.23. The predicted octanol–water partition coefficient (Wildman–Crippen LogP) is 2.65. The highest BCUT2D eigenvalue weighted by Crippen LogP contribution is 2.25. The number of hydrogen-bond acceptors (Lipinski definition) is 6. The van der Waals surface area contributed by atoms with E-state index >= 15 is 0 Å². The molecule has 4 N–H and O–H groups in total. The highest BCUT2D eigenvalue weighted by molar-refractivity contribution is 9.10. The molecule has 4 heterocycles. The Morgan fingerprint density at radius 2 is 1.88 bits per heavy atom. The number of hydrazine groups is 1. The van der Waals surface area contributed by atoms with Gasteiger partial charge in [0, 0.05) is 31.6 Å². The lowest BCUT2D eigenvalue weighted by Gasteiger charge is -2.08. The second-order valence-corrected chi connectivity index (χ2v) is 6.55. The summed E-state index contributed by atoms with van der Waals surface area (Å²) in [6, 6.07) is 0. The van der Waals surface area contributed by atoms with Gasteiger partial charge in [-0.1, -0.05) is 20.3 Å². The molecule has 0 amide bonds. The lowest BCUT2D eigenvalue weighted by molar-refractivity contribution is 0.374. The van der Waals surface area contributed by atoms with Crippen molar-refractivity contribution in [1.29, 1.82) is 0 Å². The Bertz CT molecular complexity index is 695. The molecule has 0 aliphatic carbocycles. The Kier molecular flexibility index (Phi) is 7.67. The van der Waals surface area contributed by atoms with Crippen LogP contribution in [0.1, 0.15) is 38.7 Å². The quantitative estimate of drug-likeness (QED) is 0.671. The molecule has 25 heavy (non-hydrogen) atoms. The first-order valence-electron chi connectivity index (χ1n) is 8.82. The molecule has 0 aromatic carbocycles. The minimum absolute atomic E-state index is 0.557. The van der Waals surface area contributed by atoms with Gasteiger partial charge in [-0.2, -0.15) is 9.61 Å². The average Bonchev–Trinajstić information content (AvgIpc) is 3.28. The number of halogens is 1. The molecule has 0 saturated carbocycles. The number of nitrogen functional groups attached to an aromatic ring is 1. The third-order valence-corrected chi connectivity index (χ3v) is 4.55. The molecule has 8 heteroatoms. The van der Waals surface area contributed by atoms with E-state index in [1.165, 1.54) is 32.4 Å². The molecule has 7 nitrogen and oxygen atoms in total. The number of rotatable bonds is 1. The Morgan fingerprint density at radius 3 is 2.40 bits per heavy atom. The van der Waals surface area contributed by atoms with Crippen molar-refractivity contribution in [2.45, 2.75) is 33.1 Å². The summed E-state index contributed by atoms with van der Waals surface area (Å²) in [5, 5.41) is 9.46. The van der Waals surface area contributed by atoms with Crippen LogP contribution in [0.5, 0.6) is 0 Å². The molecule has 0 unspecified atom stereocenters. The summed E-state index contributed by atoms with van der Waals surface area (Å²) in [4.78, 5) is 4.36. The topological polar surface area (TPSA) is 83.5 Å².